The van der Waals surface area contributed by atoms with Gasteiger partial charge in [-0.05, 0) is 50.6 Å². The van der Waals surface area contributed by atoms with E-state index in [1.807, 2.05) is 13.1 Å². The van der Waals surface area contributed by atoms with E-state index >= 15 is 0 Å². The maximum absolute atomic E-state index is 11.9. The molecule has 1 aromatic carbocycles. The molecule has 1 fully saturated rings. The number of hydrogen-bond acceptors (Lipinski definition) is 2. The predicted molar refractivity (Wildman–Crippen MR) is 85.8 cm³/mol. The summed E-state index contributed by atoms with van der Waals surface area (Å²) >= 11 is 3.54. The summed E-state index contributed by atoms with van der Waals surface area (Å²) in [6.45, 7) is 1.66. The summed E-state index contributed by atoms with van der Waals surface area (Å²) in [7, 11) is 1.91. The lowest BCUT2D eigenvalue weighted by molar-refractivity contribution is -0.121. The summed E-state index contributed by atoms with van der Waals surface area (Å²) < 4.78 is 1.11. The lowest BCUT2D eigenvalue weighted by Gasteiger charge is -2.42. The van der Waals surface area contributed by atoms with Crippen LogP contribution in [-0.4, -0.2) is 26.0 Å². The Morgan fingerprint density at radius 3 is 2.80 bits per heavy atom. The fraction of sp³-hybridized carbons (Fsp3) is 0.562. The molecule has 0 bridgehead atoms. The van der Waals surface area contributed by atoms with Crippen molar-refractivity contribution in [3.8, 4) is 0 Å². The Labute approximate surface area is 129 Å². The molecule has 110 valence electrons. The number of hydrogen-bond donors (Lipinski definition) is 2. The van der Waals surface area contributed by atoms with Crippen LogP contribution in [0, 0.1) is 0 Å². The molecule has 1 aromatic rings. The summed E-state index contributed by atoms with van der Waals surface area (Å²) in [6.07, 6.45) is 5.09. The Morgan fingerprint density at radius 1 is 1.40 bits per heavy atom. The summed E-state index contributed by atoms with van der Waals surface area (Å²) in [5.41, 5.74) is 1.50. The van der Waals surface area contributed by atoms with Gasteiger partial charge in [-0.2, -0.15) is 0 Å². The zero-order chi connectivity index (χ0) is 14.4. The van der Waals surface area contributed by atoms with Crippen LogP contribution in [0.15, 0.2) is 28.7 Å². The van der Waals surface area contributed by atoms with Gasteiger partial charge in [0, 0.05) is 22.9 Å². The van der Waals surface area contributed by atoms with Crippen LogP contribution in [0.5, 0.6) is 0 Å². The molecular weight excluding hydrogens is 316 g/mol. The molecule has 2 N–H and O–H groups in total. The molecule has 1 aliphatic carbocycles. The average molecular weight is 339 g/mol. The van der Waals surface area contributed by atoms with Crippen LogP contribution >= 0.6 is 15.9 Å². The summed E-state index contributed by atoms with van der Waals surface area (Å²) in [5, 5.41) is 6.18. The highest BCUT2D eigenvalue weighted by atomic mass is 79.9. The van der Waals surface area contributed by atoms with Gasteiger partial charge in [0.15, 0.2) is 0 Å². The van der Waals surface area contributed by atoms with Crippen molar-refractivity contribution in [3.63, 3.8) is 0 Å². The Bertz CT molecular complexity index is 458. The van der Waals surface area contributed by atoms with Crippen LogP contribution in [0.4, 0.5) is 0 Å². The second kappa shape index (κ2) is 7.23. The van der Waals surface area contributed by atoms with Crippen LogP contribution in [0.1, 0.15) is 37.7 Å². The normalized spacial score (nSPS) is 16.5. The standard InChI is InChI=1S/C16H23BrN2O/c1-18-10-3-7-15(20)19-12-16(8-4-9-16)13-5-2-6-14(17)11-13/h2,5-6,11,18H,3-4,7-10,12H2,1H3,(H,19,20). The van der Waals surface area contributed by atoms with Gasteiger partial charge in [0.25, 0.3) is 0 Å². The van der Waals surface area contributed by atoms with E-state index in [1.54, 1.807) is 0 Å². The van der Waals surface area contributed by atoms with E-state index in [9.17, 15) is 4.79 Å². The fourth-order valence-corrected chi connectivity index (χ4v) is 3.17. The SMILES string of the molecule is CNCCCC(=O)NCC1(c2cccc(Br)c2)CCC1. The first kappa shape index (κ1) is 15.5. The molecule has 0 radical (unpaired) electrons. The molecule has 0 unspecified atom stereocenters. The largest absolute Gasteiger partial charge is 0.355 e. The number of benzene rings is 1. The maximum Gasteiger partial charge on any atom is 0.220 e. The zero-order valence-electron chi connectivity index (χ0n) is 12.0. The second-order valence-electron chi connectivity index (χ2n) is 5.63. The number of halogens is 1. The molecule has 1 amide bonds. The van der Waals surface area contributed by atoms with E-state index < -0.39 is 0 Å². The molecule has 0 heterocycles. The third-order valence-electron chi connectivity index (χ3n) is 4.20. The minimum absolute atomic E-state index is 0.155. The van der Waals surface area contributed by atoms with Gasteiger partial charge in [0.2, 0.25) is 5.91 Å². The quantitative estimate of drug-likeness (QED) is 0.750. The van der Waals surface area contributed by atoms with Crippen molar-refractivity contribution in [1.82, 2.24) is 10.6 Å². The highest BCUT2D eigenvalue weighted by Crippen LogP contribution is 2.43. The minimum atomic E-state index is 0.155. The van der Waals surface area contributed by atoms with Gasteiger partial charge in [0.1, 0.15) is 0 Å². The Morgan fingerprint density at radius 2 is 2.20 bits per heavy atom. The number of amides is 1. The van der Waals surface area contributed by atoms with Crippen molar-refractivity contribution in [3.05, 3.63) is 34.3 Å². The van der Waals surface area contributed by atoms with Gasteiger partial charge in [-0.25, -0.2) is 0 Å². The first-order valence-corrected chi connectivity index (χ1v) is 8.13. The summed E-state index contributed by atoms with van der Waals surface area (Å²) in [6, 6.07) is 8.49. The molecule has 20 heavy (non-hydrogen) atoms. The Hall–Kier alpha value is -0.870. The van der Waals surface area contributed by atoms with E-state index in [4.69, 9.17) is 0 Å². The van der Waals surface area contributed by atoms with Crippen LogP contribution in [-0.2, 0) is 10.2 Å². The first-order chi connectivity index (χ1) is 9.66. The lowest BCUT2D eigenvalue weighted by atomic mass is 9.64. The van der Waals surface area contributed by atoms with Gasteiger partial charge in [-0.15, -0.1) is 0 Å². The van der Waals surface area contributed by atoms with Gasteiger partial charge in [-0.3, -0.25) is 4.79 Å². The molecule has 0 spiro atoms. The molecule has 2 rings (SSSR count). The minimum Gasteiger partial charge on any atom is -0.355 e. The highest BCUT2D eigenvalue weighted by molar-refractivity contribution is 9.10. The number of rotatable bonds is 7. The zero-order valence-corrected chi connectivity index (χ0v) is 13.6. The number of carbonyl (C=O) groups is 1. The third kappa shape index (κ3) is 3.83. The van der Waals surface area contributed by atoms with Crippen molar-refractivity contribution in [2.45, 2.75) is 37.5 Å². The monoisotopic (exact) mass is 338 g/mol. The van der Waals surface area contributed by atoms with E-state index in [1.165, 1.54) is 24.8 Å². The maximum atomic E-state index is 11.9. The molecule has 0 atom stereocenters. The fourth-order valence-electron chi connectivity index (χ4n) is 2.77. The second-order valence-corrected chi connectivity index (χ2v) is 6.54. The van der Waals surface area contributed by atoms with Crippen molar-refractivity contribution < 1.29 is 4.79 Å². The molecular formula is C16H23BrN2O. The van der Waals surface area contributed by atoms with Gasteiger partial charge in [0.05, 0.1) is 0 Å². The predicted octanol–water partition coefficient (Wildman–Crippen LogP) is 2.99. The number of carbonyl (C=O) groups excluding carboxylic acids is 1. The van der Waals surface area contributed by atoms with Crippen LogP contribution in [0.2, 0.25) is 0 Å². The van der Waals surface area contributed by atoms with Crippen molar-refractivity contribution >= 4 is 21.8 Å². The molecule has 3 nitrogen and oxygen atoms in total. The third-order valence-corrected chi connectivity index (χ3v) is 4.70. The van der Waals surface area contributed by atoms with Gasteiger partial charge >= 0.3 is 0 Å². The van der Waals surface area contributed by atoms with Crippen molar-refractivity contribution in [2.24, 2.45) is 0 Å². The van der Waals surface area contributed by atoms with E-state index in [2.05, 4.69) is 44.8 Å². The van der Waals surface area contributed by atoms with Gasteiger partial charge < -0.3 is 10.6 Å². The Kier molecular flexibility index (Phi) is 5.61. The number of nitrogens with one attached hydrogen (secondary N) is 2. The molecule has 1 saturated carbocycles. The molecule has 0 aromatic heterocycles. The summed E-state index contributed by atoms with van der Waals surface area (Å²) in [5.74, 6) is 0.168. The van der Waals surface area contributed by atoms with Crippen LogP contribution in [0.3, 0.4) is 0 Å². The molecule has 1 aliphatic rings. The van der Waals surface area contributed by atoms with Crippen LogP contribution in [0.25, 0.3) is 0 Å². The van der Waals surface area contributed by atoms with E-state index in [0.29, 0.717) is 6.42 Å². The van der Waals surface area contributed by atoms with Crippen molar-refractivity contribution in [1.29, 1.82) is 0 Å². The van der Waals surface area contributed by atoms with E-state index in [0.717, 1.165) is 24.0 Å². The molecule has 4 heteroatoms. The smallest absolute Gasteiger partial charge is 0.220 e. The van der Waals surface area contributed by atoms with Crippen LogP contribution < -0.4 is 10.6 Å². The highest BCUT2D eigenvalue weighted by Gasteiger charge is 2.38. The van der Waals surface area contributed by atoms with E-state index in [-0.39, 0.29) is 11.3 Å². The average Bonchev–Trinajstić information content (AvgIpc) is 2.38. The summed E-state index contributed by atoms with van der Waals surface area (Å²) in [4.78, 5) is 11.9. The lowest BCUT2D eigenvalue weighted by Crippen LogP contribution is -2.45. The van der Waals surface area contributed by atoms with Crippen molar-refractivity contribution in [2.75, 3.05) is 20.1 Å². The Balaban J connectivity index is 1.90. The molecule has 0 aliphatic heterocycles. The molecule has 0 saturated heterocycles. The van der Waals surface area contributed by atoms with Gasteiger partial charge in [-0.1, -0.05) is 34.5 Å². The topological polar surface area (TPSA) is 41.1 Å². The first-order valence-electron chi connectivity index (χ1n) is 7.34.